The van der Waals surface area contributed by atoms with Crippen molar-refractivity contribution in [1.82, 2.24) is 5.32 Å². The lowest BCUT2D eigenvalue weighted by atomic mass is 10.2. The summed E-state index contributed by atoms with van der Waals surface area (Å²) in [5, 5.41) is 3.25. The monoisotopic (exact) mass is 422 g/mol. The molecular weight excluding hydrogens is 404 g/mol. The zero-order valence-electron chi connectivity index (χ0n) is 14.9. The summed E-state index contributed by atoms with van der Waals surface area (Å²) in [5.41, 5.74) is 1.47. The first-order valence-corrected chi connectivity index (χ1v) is 10.6. The largest absolute Gasteiger partial charge is 0.452 e. The minimum atomic E-state index is -3.34. The summed E-state index contributed by atoms with van der Waals surface area (Å²) in [5.74, 6) is -1.04. The molecule has 28 heavy (non-hydrogen) atoms. The minimum absolute atomic E-state index is 0.0927. The van der Waals surface area contributed by atoms with Crippen molar-refractivity contribution in [3.63, 3.8) is 0 Å². The number of hydrogen-bond acceptors (Lipinski definition) is 5. The van der Waals surface area contributed by atoms with Gasteiger partial charge in [-0.15, -0.1) is 0 Å². The Morgan fingerprint density at radius 3 is 2.57 bits per heavy atom. The Balaban J connectivity index is 1.54. The van der Waals surface area contributed by atoms with Gasteiger partial charge < -0.3 is 10.1 Å². The number of esters is 1. The second kappa shape index (κ2) is 8.62. The van der Waals surface area contributed by atoms with Gasteiger partial charge in [-0.25, -0.2) is 13.2 Å². The van der Waals surface area contributed by atoms with E-state index in [9.17, 15) is 18.0 Å². The molecule has 0 unspecified atom stereocenters. The summed E-state index contributed by atoms with van der Waals surface area (Å²) >= 11 is 5.80. The molecule has 9 heteroatoms. The average Bonchev–Trinajstić information content (AvgIpc) is 3.04. The topological polar surface area (TPSA) is 92.8 Å². The van der Waals surface area contributed by atoms with Crippen LogP contribution in [0.4, 0.5) is 5.69 Å². The number of nitrogens with one attached hydrogen (secondary N) is 1. The molecule has 1 heterocycles. The van der Waals surface area contributed by atoms with Gasteiger partial charge in [-0.05, 0) is 42.3 Å². The van der Waals surface area contributed by atoms with Crippen LogP contribution in [0.15, 0.2) is 48.5 Å². The van der Waals surface area contributed by atoms with Crippen LogP contribution in [-0.4, -0.2) is 39.2 Å². The van der Waals surface area contributed by atoms with Crippen LogP contribution in [0.5, 0.6) is 0 Å². The van der Waals surface area contributed by atoms with Gasteiger partial charge in [0, 0.05) is 18.1 Å². The summed E-state index contributed by atoms with van der Waals surface area (Å²) in [7, 11) is -3.34. The molecule has 1 aliphatic heterocycles. The highest BCUT2D eigenvalue weighted by Crippen LogP contribution is 2.25. The molecule has 3 rings (SSSR count). The van der Waals surface area contributed by atoms with Crippen molar-refractivity contribution in [2.75, 3.05) is 23.2 Å². The summed E-state index contributed by atoms with van der Waals surface area (Å²) < 4.78 is 30.3. The van der Waals surface area contributed by atoms with Crippen molar-refractivity contribution in [3.05, 3.63) is 64.7 Å². The summed E-state index contributed by atoms with van der Waals surface area (Å²) in [6.07, 6.45) is 0.546. The number of amides is 1. The second-order valence-corrected chi connectivity index (χ2v) is 8.72. The number of nitrogens with zero attached hydrogens (tertiary/aromatic N) is 1. The normalized spacial score (nSPS) is 15.2. The van der Waals surface area contributed by atoms with Gasteiger partial charge >= 0.3 is 5.97 Å². The number of sulfonamides is 1. The van der Waals surface area contributed by atoms with E-state index in [0.717, 1.165) is 5.56 Å². The maximum absolute atomic E-state index is 12.2. The van der Waals surface area contributed by atoms with Gasteiger partial charge in [-0.3, -0.25) is 9.10 Å². The minimum Gasteiger partial charge on any atom is -0.452 e. The van der Waals surface area contributed by atoms with Crippen LogP contribution in [0.2, 0.25) is 5.02 Å². The summed E-state index contributed by atoms with van der Waals surface area (Å²) in [4.78, 5) is 24.1. The standard InChI is InChI=1S/C19H19ClN2O5S/c20-16-7-5-14(6-8-16)12-21-18(23)13-27-19(24)15-3-1-4-17(11-15)22-9-2-10-28(22,25)26/h1,3-8,11H,2,9-10,12-13H2,(H,21,23). The predicted octanol–water partition coefficient (Wildman–Crippen LogP) is 2.35. The third-order valence-electron chi connectivity index (χ3n) is 4.21. The number of carbonyl (C=O) groups excluding carboxylic acids is 2. The molecule has 0 saturated carbocycles. The van der Waals surface area contributed by atoms with E-state index in [1.165, 1.54) is 16.4 Å². The van der Waals surface area contributed by atoms with E-state index < -0.39 is 28.5 Å². The molecule has 1 fully saturated rings. The molecule has 2 aromatic rings. The molecule has 0 spiro atoms. The van der Waals surface area contributed by atoms with Gasteiger partial charge in [0.15, 0.2) is 6.61 Å². The van der Waals surface area contributed by atoms with Gasteiger partial charge in [-0.1, -0.05) is 29.8 Å². The van der Waals surface area contributed by atoms with E-state index in [1.54, 1.807) is 36.4 Å². The Kier molecular flexibility index (Phi) is 6.21. The molecular formula is C19H19ClN2O5S. The highest BCUT2D eigenvalue weighted by Gasteiger charge is 2.28. The lowest BCUT2D eigenvalue weighted by molar-refractivity contribution is -0.124. The van der Waals surface area contributed by atoms with Crippen LogP contribution in [0.25, 0.3) is 0 Å². The van der Waals surface area contributed by atoms with E-state index in [1.807, 2.05) is 0 Å². The highest BCUT2D eigenvalue weighted by molar-refractivity contribution is 7.93. The number of carbonyl (C=O) groups is 2. The van der Waals surface area contributed by atoms with E-state index in [4.69, 9.17) is 16.3 Å². The Bertz CT molecular complexity index is 976. The number of benzene rings is 2. The molecule has 1 aliphatic rings. The molecule has 0 radical (unpaired) electrons. The Morgan fingerprint density at radius 1 is 1.14 bits per heavy atom. The SMILES string of the molecule is O=C(COC(=O)c1cccc(N2CCCS2(=O)=O)c1)NCc1ccc(Cl)cc1. The number of anilines is 1. The number of ether oxygens (including phenoxy) is 1. The maximum atomic E-state index is 12.2. The smallest absolute Gasteiger partial charge is 0.338 e. The van der Waals surface area contributed by atoms with Crippen molar-refractivity contribution in [2.45, 2.75) is 13.0 Å². The van der Waals surface area contributed by atoms with E-state index >= 15 is 0 Å². The first-order chi connectivity index (χ1) is 13.3. The van der Waals surface area contributed by atoms with Crippen LogP contribution in [0.1, 0.15) is 22.3 Å². The first kappa shape index (κ1) is 20.2. The van der Waals surface area contributed by atoms with Crippen LogP contribution in [0, 0.1) is 0 Å². The molecule has 148 valence electrons. The van der Waals surface area contributed by atoms with Crippen molar-refractivity contribution in [3.8, 4) is 0 Å². The number of rotatable bonds is 6. The zero-order chi connectivity index (χ0) is 20.1. The second-order valence-electron chi connectivity index (χ2n) is 6.27. The zero-order valence-corrected chi connectivity index (χ0v) is 16.5. The average molecular weight is 423 g/mol. The van der Waals surface area contributed by atoms with Gasteiger partial charge in [0.2, 0.25) is 10.0 Å². The molecule has 7 nitrogen and oxygen atoms in total. The third kappa shape index (κ3) is 5.02. The van der Waals surface area contributed by atoms with Gasteiger partial charge in [-0.2, -0.15) is 0 Å². The Labute approximate surface area is 168 Å². The first-order valence-electron chi connectivity index (χ1n) is 8.64. The molecule has 0 atom stereocenters. The number of hydrogen-bond donors (Lipinski definition) is 1. The van der Waals surface area contributed by atoms with E-state index in [-0.39, 0.29) is 17.9 Å². The lowest BCUT2D eigenvalue weighted by Gasteiger charge is -2.17. The van der Waals surface area contributed by atoms with Gasteiger partial charge in [0.1, 0.15) is 0 Å². The van der Waals surface area contributed by atoms with Crippen LogP contribution < -0.4 is 9.62 Å². The summed E-state index contributed by atoms with van der Waals surface area (Å²) in [6, 6.07) is 13.2. The Morgan fingerprint density at radius 2 is 1.89 bits per heavy atom. The molecule has 0 aromatic heterocycles. The molecule has 1 saturated heterocycles. The van der Waals surface area contributed by atoms with Crippen molar-refractivity contribution < 1.29 is 22.7 Å². The summed E-state index contributed by atoms with van der Waals surface area (Å²) in [6.45, 7) is 0.239. The third-order valence-corrected chi connectivity index (χ3v) is 6.33. The molecule has 2 aromatic carbocycles. The van der Waals surface area contributed by atoms with E-state index in [0.29, 0.717) is 23.7 Å². The van der Waals surface area contributed by atoms with E-state index in [2.05, 4.69) is 5.32 Å². The molecule has 0 bridgehead atoms. The van der Waals surface area contributed by atoms with Crippen LogP contribution in [0.3, 0.4) is 0 Å². The fourth-order valence-corrected chi connectivity index (χ4v) is 4.47. The van der Waals surface area contributed by atoms with Crippen LogP contribution in [-0.2, 0) is 26.1 Å². The quantitative estimate of drug-likeness (QED) is 0.721. The number of halogens is 1. The van der Waals surface area contributed by atoms with Crippen molar-refractivity contribution in [1.29, 1.82) is 0 Å². The molecule has 1 amide bonds. The fraction of sp³-hybridized carbons (Fsp3) is 0.263. The molecule has 1 N–H and O–H groups in total. The van der Waals surface area contributed by atoms with Crippen molar-refractivity contribution >= 4 is 39.2 Å². The maximum Gasteiger partial charge on any atom is 0.338 e. The molecule has 0 aliphatic carbocycles. The Hall–Kier alpha value is -2.58. The predicted molar refractivity (Wildman–Crippen MR) is 106 cm³/mol. The fourth-order valence-electron chi connectivity index (χ4n) is 2.79. The van der Waals surface area contributed by atoms with Crippen LogP contribution >= 0.6 is 11.6 Å². The van der Waals surface area contributed by atoms with Gasteiger partial charge in [0.25, 0.3) is 5.91 Å². The van der Waals surface area contributed by atoms with Crippen molar-refractivity contribution in [2.24, 2.45) is 0 Å². The van der Waals surface area contributed by atoms with Gasteiger partial charge in [0.05, 0.1) is 17.0 Å². The highest BCUT2D eigenvalue weighted by atomic mass is 35.5. The lowest BCUT2D eigenvalue weighted by Crippen LogP contribution is -2.28.